The van der Waals surface area contributed by atoms with Crippen molar-refractivity contribution in [3.8, 4) is 0 Å². The number of fused-ring (bicyclic) bond motifs is 5. The molecule has 3 N–H and O–H groups in total. The third-order valence-electron chi connectivity index (χ3n) is 11.1. The van der Waals surface area contributed by atoms with Crippen LogP contribution in [0.2, 0.25) is 0 Å². The topological polar surface area (TPSA) is 95.9 Å². The van der Waals surface area contributed by atoms with Crippen molar-refractivity contribution >= 4 is 11.9 Å². The van der Waals surface area contributed by atoms with E-state index in [0.717, 1.165) is 38.5 Å². The quantitative estimate of drug-likeness (QED) is 0.480. The first-order chi connectivity index (χ1) is 16.1. The van der Waals surface area contributed by atoms with Gasteiger partial charge < -0.3 is 20.3 Å². The predicted octanol–water partition coefficient (Wildman–Crippen LogP) is 4.07. The third-order valence-corrected chi connectivity index (χ3v) is 11.1. The number of rotatable bonds is 7. The summed E-state index contributed by atoms with van der Waals surface area (Å²) >= 11 is 0. The van der Waals surface area contributed by atoms with E-state index in [-0.39, 0.29) is 35.5 Å². The first-order valence-corrected chi connectivity index (χ1v) is 13.9. The second-order valence-electron chi connectivity index (χ2n) is 12.5. The minimum atomic E-state index is -0.397. The van der Waals surface area contributed by atoms with E-state index in [2.05, 4.69) is 26.1 Å². The summed E-state index contributed by atoms with van der Waals surface area (Å²) < 4.78 is 4.88. The van der Waals surface area contributed by atoms with Gasteiger partial charge in [0.25, 0.3) is 0 Å². The SMILES string of the molecule is CCOC(=O)CNC(=O)CC[C@@H](C)[C@H]1CC[C@H]2[C@@H]3CC[C@@H]4C[C@H](O)CC[C@]4(C)[C@H]3C[C@H](O)[C@]12C. The maximum atomic E-state index is 12.3. The normalized spacial score (nSPS) is 44.4. The number of nitrogens with one attached hydrogen (secondary N) is 1. The van der Waals surface area contributed by atoms with E-state index in [1.165, 1.54) is 19.3 Å². The van der Waals surface area contributed by atoms with Gasteiger partial charge in [0.1, 0.15) is 6.54 Å². The van der Waals surface area contributed by atoms with Crippen molar-refractivity contribution in [1.29, 1.82) is 0 Å². The number of carbonyl (C=O) groups excluding carboxylic acids is 2. The van der Waals surface area contributed by atoms with Crippen LogP contribution in [-0.4, -0.2) is 47.4 Å². The lowest BCUT2D eigenvalue weighted by atomic mass is 9.43. The van der Waals surface area contributed by atoms with Crippen LogP contribution in [0.1, 0.15) is 91.9 Å². The smallest absolute Gasteiger partial charge is 0.325 e. The van der Waals surface area contributed by atoms with E-state index in [0.29, 0.717) is 48.5 Å². The van der Waals surface area contributed by atoms with Gasteiger partial charge in [-0.2, -0.15) is 0 Å². The molecule has 0 radical (unpaired) electrons. The van der Waals surface area contributed by atoms with Gasteiger partial charge in [-0.3, -0.25) is 9.59 Å². The molecule has 0 spiro atoms. The summed E-state index contributed by atoms with van der Waals surface area (Å²) in [6, 6.07) is 0. The minimum absolute atomic E-state index is 0.0666. The van der Waals surface area contributed by atoms with Gasteiger partial charge in [-0.1, -0.05) is 20.8 Å². The summed E-state index contributed by atoms with van der Waals surface area (Å²) in [5, 5.41) is 24.6. The Hall–Kier alpha value is -1.14. The highest BCUT2D eigenvalue weighted by atomic mass is 16.5. The van der Waals surface area contributed by atoms with Crippen LogP contribution in [-0.2, 0) is 14.3 Å². The molecule has 0 aromatic carbocycles. The molecule has 4 fully saturated rings. The summed E-state index contributed by atoms with van der Waals surface area (Å²) in [5.41, 5.74) is 0.171. The Kier molecular flexibility index (Phi) is 7.69. The molecule has 0 aromatic rings. The molecule has 0 aromatic heterocycles. The monoisotopic (exact) mass is 477 g/mol. The third kappa shape index (κ3) is 4.54. The molecule has 4 aliphatic carbocycles. The Morgan fingerprint density at radius 1 is 1.06 bits per heavy atom. The molecule has 4 saturated carbocycles. The van der Waals surface area contributed by atoms with Crippen molar-refractivity contribution in [1.82, 2.24) is 5.32 Å². The van der Waals surface area contributed by atoms with Gasteiger partial charge >= 0.3 is 5.97 Å². The first kappa shape index (κ1) is 25.9. The molecule has 0 aliphatic heterocycles. The fourth-order valence-electron chi connectivity index (χ4n) is 9.19. The summed E-state index contributed by atoms with van der Waals surface area (Å²) in [4.78, 5) is 23.8. The highest BCUT2D eigenvalue weighted by Crippen LogP contribution is 2.68. The second-order valence-corrected chi connectivity index (χ2v) is 12.5. The molecule has 0 bridgehead atoms. The van der Waals surface area contributed by atoms with Crippen LogP contribution < -0.4 is 5.32 Å². The van der Waals surface area contributed by atoms with Crippen LogP contribution in [0, 0.1) is 46.3 Å². The molecule has 1 amide bonds. The molecule has 0 heterocycles. The standard InChI is InChI=1S/C28H47NO5/c1-5-34-26(33)16-29-25(32)11-6-17(2)21-9-10-22-20-8-7-18-14-19(30)12-13-27(18,3)23(20)15-24(31)28(21,22)4/h17-24,30-31H,5-16H2,1-4H3,(H,29,32)/t17-,18-,19-,20+,21-,22+,23+,24+,27+,28-/m1/s1. The second kappa shape index (κ2) is 10.1. The predicted molar refractivity (Wildman–Crippen MR) is 131 cm³/mol. The molecule has 4 rings (SSSR count). The Balaban J connectivity index is 1.39. The van der Waals surface area contributed by atoms with Gasteiger partial charge in [0, 0.05) is 6.42 Å². The average Bonchev–Trinajstić information content (AvgIpc) is 3.16. The molecule has 0 unspecified atom stereocenters. The highest BCUT2D eigenvalue weighted by Gasteiger charge is 2.63. The van der Waals surface area contributed by atoms with Crippen LogP contribution in [0.4, 0.5) is 0 Å². The van der Waals surface area contributed by atoms with Crippen molar-refractivity contribution in [3.63, 3.8) is 0 Å². The molecular formula is C28H47NO5. The highest BCUT2D eigenvalue weighted by molar-refractivity contribution is 5.81. The molecule has 0 saturated heterocycles. The van der Waals surface area contributed by atoms with Gasteiger partial charge in [-0.05, 0) is 111 Å². The maximum absolute atomic E-state index is 12.3. The average molecular weight is 478 g/mol. The van der Waals surface area contributed by atoms with Gasteiger partial charge in [0.2, 0.25) is 5.91 Å². The Morgan fingerprint density at radius 3 is 2.56 bits per heavy atom. The van der Waals surface area contributed by atoms with Crippen LogP contribution in [0.25, 0.3) is 0 Å². The summed E-state index contributed by atoms with van der Waals surface area (Å²) in [5.74, 6) is 2.66. The zero-order valence-electron chi connectivity index (χ0n) is 21.7. The summed E-state index contributed by atoms with van der Waals surface area (Å²) in [6.07, 6.45) is 9.35. The van der Waals surface area contributed by atoms with Crippen molar-refractivity contribution in [3.05, 3.63) is 0 Å². The van der Waals surface area contributed by atoms with Gasteiger partial charge in [-0.15, -0.1) is 0 Å². The Morgan fingerprint density at radius 2 is 1.82 bits per heavy atom. The summed E-state index contributed by atoms with van der Waals surface area (Å²) in [7, 11) is 0. The van der Waals surface area contributed by atoms with Crippen molar-refractivity contribution in [2.24, 2.45) is 46.3 Å². The van der Waals surface area contributed by atoms with Crippen LogP contribution in [0.15, 0.2) is 0 Å². The van der Waals surface area contributed by atoms with Crippen LogP contribution in [0.5, 0.6) is 0 Å². The number of hydrogen-bond acceptors (Lipinski definition) is 5. The van der Waals surface area contributed by atoms with E-state index < -0.39 is 5.97 Å². The number of ether oxygens (including phenoxy) is 1. The number of amides is 1. The number of esters is 1. The molecule has 4 aliphatic rings. The lowest BCUT2D eigenvalue weighted by Gasteiger charge is -2.62. The zero-order chi connectivity index (χ0) is 24.7. The first-order valence-electron chi connectivity index (χ1n) is 13.9. The number of aliphatic hydroxyl groups is 2. The largest absolute Gasteiger partial charge is 0.465 e. The molecule has 194 valence electrons. The van der Waals surface area contributed by atoms with Crippen molar-refractivity contribution in [2.75, 3.05) is 13.2 Å². The van der Waals surface area contributed by atoms with E-state index in [4.69, 9.17) is 4.74 Å². The number of hydrogen-bond donors (Lipinski definition) is 3. The zero-order valence-corrected chi connectivity index (χ0v) is 21.7. The fraction of sp³-hybridized carbons (Fsp3) is 0.929. The van der Waals surface area contributed by atoms with Gasteiger partial charge in [0.05, 0.1) is 18.8 Å². The molecular weight excluding hydrogens is 430 g/mol. The fourth-order valence-corrected chi connectivity index (χ4v) is 9.19. The van der Waals surface area contributed by atoms with Gasteiger partial charge in [-0.25, -0.2) is 0 Å². The van der Waals surface area contributed by atoms with Crippen molar-refractivity contribution in [2.45, 2.75) is 104 Å². The van der Waals surface area contributed by atoms with Crippen LogP contribution in [0.3, 0.4) is 0 Å². The van der Waals surface area contributed by atoms with Crippen LogP contribution >= 0.6 is 0 Å². The molecule has 6 nitrogen and oxygen atoms in total. The molecule has 10 atom stereocenters. The van der Waals surface area contributed by atoms with Crippen molar-refractivity contribution < 1.29 is 24.5 Å². The number of aliphatic hydroxyl groups excluding tert-OH is 2. The molecule has 34 heavy (non-hydrogen) atoms. The number of carbonyl (C=O) groups is 2. The Labute approximate surface area is 205 Å². The lowest BCUT2D eigenvalue weighted by Crippen LogP contribution is -2.58. The maximum Gasteiger partial charge on any atom is 0.325 e. The summed E-state index contributed by atoms with van der Waals surface area (Å²) in [6.45, 7) is 9.05. The molecule has 6 heteroatoms. The Bertz CT molecular complexity index is 757. The van der Waals surface area contributed by atoms with E-state index in [1.54, 1.807) is 6.92 Å². The van der Waals surface area contributed by atoms with E-state index in [9.17, 15) is 19.8 Å². The van der Waals surface area contributed by atoms with E-state index >= 15 is 0 Å². The lowest BCUT2D eigenvalue weighted by molar-refractivity contribution is -0.175. The minimum Gasteiger partial charge on any atom is -0.465 e. The van der Waals surface area contributed by atoms with E-state index in [1.807, 2.05) is 0 Å². The van der Waals surface area contributed by atoms with Gasteiger partial charge in [0.15, 0.2) is 0 Å².